The molecule has 0 bridgehead atoms. The normalized spacial score (nSPS) is 13.3. The van der Waals surface area contributed by atoms with Crippen molar-refractivity contribution in [3.63, 3.8) is 0 Å². The van der Waals surface area contributed by atoms with Gasteiger partial charge >= 0.3 is 0 Å². The van der Waals surface area contributed by atoms with Crippen LogP contribution in [0.1, 0.15) is 15.7 Å². The molecular weight excluding hydrogens is 510 g/mol. The lowest BCUT2D eigenvalue weighted by molar-refractivity contribution is -0.123. The Morgan fingerprint density at radius 3 is 2.38 bits per heavy atom. The summed E-state index contributed by atoms with van der Waals surface area (Å²) in [7, 11) is 1.50. The molecule has 3 aromatic rings. The van der Waals surface area contributed by atoms with Crippen LogP contribution >= 0.6 is 23.5 Å². The molecule has 2 amide bonds. The van der Waals surface area contributed by atoms with Crippen LogP contribution in [0.2, 0.25) is 0 Å². The predicted octanol–water partition coefficient (Wildman–Crippen LogP) is 4.72. The van der Waals surface area contributed by atoms with Crippen LogP contribution in [0.3, 0.4) is 0 Å². The fraction of sp³-hybridized carbons (Fsp3) is 0.222. The van der Waals surface area contributed by atoms with Crippen molar-refractivity contribution in [3.05, 3.63) is 83.9 Å². The third-order valence-corrected chi connectivity index (χ3v) is 8.26. The summed E-state index contributed by atoms with van der Waals surface area (Å²) in [5.41, 5.74) is 5.08. The number of ether oxygens (including phenoxy) is 3. The summed E-state index contributed by atoms with van der Waals surface area (Å²) < 4.78 is 17.0. The molecule has 1 aliphatic rings. The molecule has 8 nitrogen and oxygen atoms in total. The number of hydrazone groups is 1. The quantitative estimate of drug-likeness (QED) is 0.270. The summed E-state index contributed by atoms with van der Waals surface area (Å²) in [6.07, 6.45) is 1.48. The topological polar surface area (TPSA) is 98.2 Å². The lowest BCUT2D eigenvalue weighted by Gasteiger charge is -2.11. The first-order valence-electron chi connectivity index (χ1n) is 11.5. The van der Waals surface area contributed by atoms with Gasteiger partial charge in [-0.25, -0.2) is 5.43 Å². The summed E-state index contributed by atoms with van der Waals surface area (Å²) >= 11 is 3.89. The Kier molecular flexibility index (Phi) is 9.73. The van der Waals surface area contributed by atoms with Crippen LogP contribution in [-0.2, 0) is 9.59 Å². The van der Waals surface area contributed by atoms with Crippen molar-refractivity contribution in [2.75, 3.05) is 37.1 Å². The first-order valence-corrected chi connectivity index (χ1v) is 13.6. The van der Waals surface area contributed by atoms with E-state index >= 15 is 0 Å². The summed E-state index contributed by atoms with van der Waals surface area (Å²) in [6, 6.07) is 22.1. The van der Waals surface area contributed by atoms with E-state index in [0.717, 1.165) is 0 Å². The number of para-hydroxylation sites is 1. The average Bonchev–Trinajstić information content (AvgIpc) is 3.47. The zero-order valence-electron chi connectivity index (χ0n) is 20.2. The maximum absolute atomic E-state index is 12.1. The molecule has 1 fully saturated rings. The number of nitrogens with zero attached hydrogens (tertiary/aromatic N) is 1. The van der Waals surface area contributed by atoms with Gasteiger partial charge in [0.2, 0.25) is 0 Å². The van der Waals surface area contributed by atoms with Crippen molar-refractivity contribution in [2.24, 2.45) is 5.10 Å². The molecule has 1 aliphatic heterocycles. The fourth-order valence-electron chi connectivity index (χ4n) is 3.38. The zero-order chi connectivity index (χ0) is 25.9. The van der Waals surface area contributed by atoms with E-state index in [2.05, 4.69) is 15.8 Å². The number of benzene rings is 3. The van der Waals surface area contributed by atoms with Crippen molar-refractivity contribution in [3.8, 4) is 17.2 Å². The molecular formula is C27H27N3O5S2. The second-order valence-electron chi connectivity index (χ2n) is 7.84. The highest BCUT2D eigenvalue weighted by atomic mass is 32.2. The highest BCUT2D eigenvalue weighted by molar-refractivity contribution is 8.19. The van der Waals surface area contributed by atoms with Crippen LogP contribution < -0.4 is 25.0 Å². The van der Waals surface area contributed by atoms with E-state index in [0.29, 0.717) is 33.1 Å². The molecule has 1 heterocycles. The number of amides is 2. The molecule has 0 unspecified atom stereocenters. The van der Waals surface area contributed by atoms with Gasteiger partial charge in [0.05, 0.1) is 17.9 Å². The third-order valence-electron chi connectivity index (χ3n) is 5.15. The lowest BCUT2D eigenvalue weighted by Crippen LogP contribution is -2.24. The van der Waals surface area contributed by atoms with Gasteiger partial charge in [0, 0.05) is 17.2 Å². The number of thioether (sulfide) groups is 2. The number of carbonyl (C=O) groups is 2. The van der Waals surface area contributed by atoms with E-state index in [1.807, 2.05) is 66.0 Å². The zero-order valence-corrected chi connectivity index (χ0v) is 21.8. The van der Waals surface area contributed by atoms with Crippen molar-refractivity contribution in [1.29, 1.82) is 0 Å². The molecule has 3 aromatic carbocycles. The Labute approximate surface area is 224 Å². The first-order chi connectivity index (χ1) is 18.1. The van der Waals surface area contributed by atoms with Crippen molar-refractivity contribution >= 4 is 47.2 Å². The number of hydrogen-bond acceptors (Lipinski definition) is 8. The highest BCUT2D eigenvalue weighted by Crippen LogP contribution is 2.45. The van der Waals surface area contributed by atoms with Crippen LogP contribution in [0.4, 0.5) is 5.69 Å². The minimum absolute atomic E-state index is 0.148. The second-order valence-corrected chi connectivity index (χ2v) is 10.6. The largest absolute Gasteiger partial charge is 0.493 e. The molecule has 0 spiro atoms. The van der Waals surface area contributed by atoms with Gasteiger partial charge in [-0.1, -0.05) is 30.3 Å². The Balaban J connectivity index is 1.22. The van der Waals surface area contributed by atoms with Crippen LogP contribution in [0, 0.1) is 0 Å². The SMILES string of the molecule is COc1cc(/C=N\NC(=O)COc2ccc(C3SCCS3)cc2)ccc1OCC(=O)Nc1ccccc1. The van der Waals surface area contributed by atoms with Gasteiger partial charge in [-0.15, -0.1) is 23.5 Å². The number of nitrogens with one attached hydrogen (secondary N) is 2. The minimum Gasteiger partial charge on any atom is -0.493 e. The standard InChI is InChI=1S/C27H27N3O5S2/c1-33-24-15-19(7-12-23(24)35-17-25(31)29-21-5-3-2-4-6-21)16-28-30-26(32)18-34-22-10-8-20(9-11-22)27-36-13-14-37-27/h2-12,15-16,27H,13-14,17-18H2,1H3,(H,29,31)(H,30,32)/b28-16-. The molecule has 10 heteroatoms. The fourth-order valence-corrected chi connectivity index (χ4v) is 6.24. The highest BCUT2D eigenvalue weighted by Gasteiger charge is 2.18. The smallest absolute Gasteiger partial charge is 0.277 e. The molecule has 192 valence electrons. The first kappa shape index (κ1) is 26.4. The average molecular weight is 538 g/mol. The number of methoxy groups -OCH3 is 1. The van der Waals surface area contributed by atoms with E-state index in [-0.39, 0.29) is 25.0 Å². The molecule has 0 aliphatic carbocycles. The molecule has 2 N–H and O–H groups in total. The number of rotatable bonds is 11. The van der Waals surface area contributed by atoms with Crippen molar-refractivity contribution in [2.45, 2.75) is 4.58 Å². The summed E-state index contributed by atoms with van der Waals surface area (Å²) in [5.74, 6) is 3.17. The molecule has 1 saturated heterocycles. The third kappa shape index (κ3) is 8.19. The van der Waals surface area contributed by atoms with Gasteiger partial charge in [-0.05, 0) is 53.6 Å². The molecule has 37 heavy (non-hydrogen) atoms. The van der Waals surface area contributed by atoms with Gasteiger partial charge in [-0.2, -0.15) is 5.10 Å². The summed E-state index contributed by atoms with van der Waals surface area (Å²) in [6.45, 7) is -0.319. The number of anilines is 1. The molecule has 0 saturated carbocycles. The maximum atomic E-state index is 12.1. The van der Waals surface area contributed by atoms with Crippen LogP contribution in [0.15, 0.2) is 77.9 Å². The van der Waals surface area contributed by atoms with E-state index in [4.69, 9.17) is 14.2 Å². The van der Waals surface area contributed by atoms with Crippen LogP contribution in [0.25, 0.3) is 0 Å². The summed E-state index contributed by atoms with van der Waals surface area (Å²) in [5, 5.41) is 6.73. The molecule has 0 aromatic heterocycles. The second kappa shape index (κ2) is 13.6. The minimum atomic E-state index is -0.376. The predicted molar refractivity (Wildman–Crippen MR) is 149 cm³/mol. The monoisotopic (exact) mass is 537 g/mol. The Morgan fingerprint density at radius 1 is 0.919 bits per heavy atom. The molecule has 4 rings (SSSR count). The number of carbonyl (C=O) groups excluding carboxylic acids is 2. The van der Waals surface area contributed by atoms with Crippen LogP contribution in [0.5, 0.6) is 17.2 Å². The molecule has 0 atom stereocenters. The van der Waals surface area contributed by atoms with E-state index in [1.165, 1.54) is 30.4 Å². The van der Waals surface area contributed by atoms with Crippen molar-refractivity contribution < 1.29 is 23.8 Å². The van der Waals surface area contributed by atoms with Gasteiger partial charge < -0.3 is 19.5 Å². The maximum Gasteiger partial charge on any atom is 0.277 e. The van der Waals surface area contributed by atoms with Gasteiger partial charge in [-0.3, -0.25) is 9.59 Å². The summed E-state index contributed by atoms with van der Waals surface area (Å²) in [4.78, 5) is 24.2. The van der Waals surface area contributed by atoms with E-state index < -0.39 is 0 Å². The van der Waals surface area contributed by atoms with Gasteiger partial charge in [0.15, 0.2) is 24.7 Å². The van der Waals surface area contributed by atoms with E-state index in [9.17, 15) is 9.59 Å². The molecule has 0 radical (unpaired) electrons. The lowest BCUT2D eigenvalue weighted by atomic mass is 10.2. The van der Waals surface area contributed by atoms with Crippen LogP contribution in [-0.4, -0.2) is 49.9 Å². The Hall–Kier alpha value is -3.63. The van der Waals surface area contributed by atoms with E-state index in [1.54, 1.807) is 30.3 Å². The van der Waals surface area contributed by atoms with Gasteiger partial charge in [0.1, 0.15) is 5.75 Å². The Bertz CT molecular complexity index is 1220. The van der Waals surface area contributed by atoms with Crippen molar-refractivity contribution in [1.82, 2.24) is 5.43 Å². The van der Waals surface area contributed by atoms with Gasteiger partial charge in [0.25, 0.3) is 11.8 Å². The Morgan fingerprint density at radius 2 is 1.65 bits per heavy atom. The number of hydrogen-bond donors (Lipinski definition) is 2.